The summed E-state index contributed by atoms with van der Waals surface area (Å²) in [4.78, 5) is 24.3. The van der Waals surface area contributed by atoms with E-state index in [2.05, 4.69) is 10.6 Å². The fourth-order valence-electron chi connectivity index (χ4n) is 2.53. The molecule has 0 saturated heterocycles. The average Bonchev–Trinajstić information content (AvgIpc) is 2.56. The molecule has 2 amide bonds. The molecule has 0 saturated carbocycles. The second-order valence-electron chi connectivity index (χ2n) is 5.90. The summed E-state index contributed by atoms with van der Waals surface area (Å²) < 4.78 is 0. The van der Waals surface area contributed by atoms with Crippen LogP contribution in [-0.4, -0.2) is 11.8 Å². The fraction of sp³-hybridized carbons (Fsp3) is 0.300. The van der Waals surface area contributed by atoms with E-state index >= 15 is 0 Å². The zero-order valence-electron chi connectivity index (χ0n) is 14.4. The zero-order valence-corrected chi connectivity index (χ0v) is 14.4. The first kappa shape index (κ1) is 17.7. The van der Waals surface area contributed by atoms with Crippen LogP contribution in [0.3, 0.4) is 0 Å². The van der Waals surface area contributed by atoms with E-state index in [-0.39, 0.29) is 17.7 Å². The molecule has 4 heteroatoms. The molecule has 0 aliphatic heterocycles. The maximum Gasteiger partial charge on any atom is 0.255 e. The second-order valence-corrected chi connectivity index (χ2v) is 5.90. The number of carbonyl (C=O) groups excluding carboxylic acids is 2. The van der Waals surface area contributed by atoms with Gasteiger partial charge in [0.25, 0.3) is 5.91 Å². The Morgan fingerprint density at radius 2 is 1.58 bits per heavy atom. The molecular weight excluding hydrogens is 300 g/mol. The Hall–Kier alpha value is -2.62. The molecule has 2 aromatic carbocycles. The summed E-state index contributed by atoms with van der Waals surface area (Å²) >= 11 is 0. The van der Waals surface area contributed by atoms with Gasteiger partial charge in [0, 0.05) is 22.9 Å². The van der Waals surface area contributed by atoms with Crippen molar-refractivity contribution in [2.45, 2.75) is 33.6 Å². The minimum Gasteiger partial charge on any atom is -0.326 e. The second kappa shape index (κ2) is 8.29. The highest BCUT2D eigenvalue weighted by Gasteiger charge is 2.14. The quantitative estimate of drug-likeness (QED) is 0.814. The van der Waals surface area contributed by atoms with Crippen molar-refractivity contribution in [2.75, 3.05) is 10.6 Å². The van der Waals surface area contributed by atoms with E-state index in [0.717, 1.165) is 24.1 Å². The van der Waals surface area contributed by atoms with Crippen LogP contribution < -0.4 is 10.6 Å². The Bertz CT molecular complexity index is 704. The van der Waals surface area contributed by atoms with Crippen molar-refractivity contribution in [1.82, 2.24) is 0 Å². The van der Waals surface area contributed by atoms with Crippen molar-refractivity contribution in [3.05, 3.63) is 59.7 Å². The lowest BCUT2D eigenvalue weighted by atomic mass is 10.0. The van der Waals surface area contributed by atoms with Gasteiger partial charge in [-0.2, -0.15) is 0 Å². The molecule has 2 rings (SSSR count). The van der Waals surface area contributed by atoms with Crippen LogP contribution >= 0.6 is 0 Å². The van der Waals surface area contributed by atoms with Gasteiger partial charge in [-0.1, -0.05) is 26.0 Å². The fourth-order valence-corrected chi connectivity index (χ4v) is 2.53. The van der Waals surface area contributed by atoms with E-state index in [1.165, 1.54) is 0 Å². The molecular formula is C20H24N2O2. The first-order chi connectivity index (χ1) is 11.5. The highest BCUT2D eigenvalue weighted by molar-refractivity contribution is 6.04. The summed E-state index contributed by atoms with van der Waals surface area (Å²) in [6.45, 7) is 5.99. The van der Waals surface area contributed by atoms with Gasteiger partial charge in [-0.15, -0.1) is 0 Å². The smallest absolute Gasteiger partial charge is 0.255 e. The van der Waals surface area contributed by atoms with Gasteiger partial charge in [-0.25, -0.2) is 0 Å². The minimum atomic E-state index is -0.168. The monoisotopic (exact) mass is 324 g/mol. The van der Waals surface area contributed by atoms with Crippen molar-refractivity contribution >= 4 is 23.2 Å². The topological polar surface area (TPSA) is 58.2 Å². The number of aryl methyl sites for hydroxylation is 1. The number of hydrogen-bond acceptors (Lipinski definition) is 2. The van der Waals surface area contributed by atoms with Gasteiger partial charge < -0.3 is 10.6 Å². The molecule has 126 valence electrons. The van der Waals surface area contributed by atoms with Gasteiger partial charge in [0.1, 0.15) is 0 Å². The Morgan fingerprint density at radius 1 is 0.917 bits per heavy atom. The standard InChI is InChI=1S/C20H24N2O2/c1-4-15(5-2)19(23)21-17-11-9-16(10-12-17)20(24)22-18-8-6-7-14(3)13-18/h6-13,15H,4-5H2,1-3H3,(H,21,23)(H,22,24). The molecule has 2 aromatic rings. The average molecular weight is 324 g/mol. The van der Waals surface area contributed by atoms with Crippen LogP contribution in [0.5, 0.6) is 0 Å². The number of amides is 2. The number of nitrogens with one attached hydrogen (secondary N) is 2. The Labute approximate surface area is 143 Å². The normalized spacial score (nSPS) is 10.5. The van der Waals surface area contributed by atoms with Crippen molar-refractivity contribution in [2.24, 2.45) is 5.92 Å². The van der Waals surface area contributed by atoms with Crippen molar-refractivity contribution in [1.29, 1.82) is 0 Å². The summed E-state index contributed by atoms with van der Waals surface area (Å²) in [6, 6.07) is 14.6. The number of carbonyl (C=O) groups is 2. The summed E-state index contributed by atoms with van der Waals surface area (Å²) in [6.07, 6.45) is 1.64. The van der Waals surface area contributed by atoms with E-state index in [9.17, 15) is 9.59 Å². The van der Waals surface area contributed by atoms with E-state index in [4.69, 9.17) is 0 Å². The third-order valence-corrected chi connectivity index (χ3v) is 4.05. The van der Waals surface area contributed by atoms with Crippen LogP contribution in [0.1, 0.15) is 42.6 Å². The maximum atomic E-state index is 12.3. The zero-order chi connectivity index (χ0) is 17.5. The van der Waals surface area contributed by atoms with E-state index < -0.39 is 0 Å². The lowest BCUT2D eigenvalue weighted by Crippen LogP contribution is -2.21. The van der Waals surface area contributed by atoms with Crippen LogP contribution in [0.4, 0.5) is 11.4 Å². The Balaban J connectivity index is 2.01. The molecule has 0 aromatic heterocycles. The van der Waals surface area contributed by atoms with Crippen LogP contribution in [0.2, 0.25) is 0 Å². The lowest BCUT2D eigenvalue weighted by Gasteiger charge is -2.13. The third-order valence-electron chi connectivity index (χ3n) is 4.05. The molecule has 0 heterocycles. The first-order valence-corrected chi connectivity index (χ1v) is 8.32. The molecule has 0 spiro atoms. The van der Waals surface area contributed by atoms with Crippen molar-refractivity contribution in [3.63, 3.8) is 0 Å². The van der Waals surface area contributed by atoms with Crippen LogP contribution in [-0.2, 0) is 4.79 Å². The molecule has 4 nitrogen and oxygen atoms in total. The summed E-state index contributed by atoms with van der Waals surface area (Å²) in [5.74, 6) is -0.121. The molecule has 0 aliphatic carbocycles. The molecule has 0 radical (unpaired) electrons. The largest absolute Gasteiger partial charge is 0.326 e. The number of anilines is 2. The lowest BCUT2D eigenvalue weighted by molar-refractivity contribution is -0.120. The van der Waals surface area contributed by atoms with E-state index in [1.54, 1.807) is 24.3 Å². The Morgan fingerprint density at radius 3 is 2.17 bits per heavy atom. The molecule has 0 aliphatic rings. The SMILES string of the molecule is CCC(CC)C(=O)Nc1ccc(C(=O)Nc2cccc(C)c2)cc1. The Kier molecular flexibility index (Phi) is 6.13. The number of hydrogen-bond donors (Lipinski definition) is 2. The molecule has 0 fully saturated rings. The molecule has 0 atom stereocenters. The minimum absolute atomic E-state index is 0.0225. The third kappa shape index (κ3) is 4.69. The van der Waals surface area contributed by atoms with Crippen molar-refractivity contribution < 1.29 is 9.59 Å². The van der Waals surface area contributed by atoms with Gasteiger partial charge in [0.2, 0.25) is 5.91 Å². The number of benzene rings is 2. The summed E-state index contributed by atoms with van der Waals surface area (Å²) in [5, 5.41) is 5.77. The van der Waals surface area contributed by atoms with Gasteiger partial charge in [-0.3, -0.25) is 9.59 Å². The van der Waals surface area contributed by atoms with Gasteiger partial charge in [0.05, 0.1) is 0 Å². The molecule has 0 unspecified atom stereocenters. The van der Waals surface area contributed by atoms with Crippen molar-refractivity contribution in [3.8, 4) is 0 Å². The summed E-state index contributed by atoms with van der Waals surface area (Å²) in [7, 11) is 0. The van der Waals surface area contributed by atoms with E-state index in [0.29, 0.717) is 11.3 Å². The van der Waals surface area contributed by atoms with Crippen LogP contribution in [0.15, 0.2) is 48.5 Å². The van der Waals surface area contributed by atoms with Crippen LogP contribution in [0.25, 0.3) is 0 Å². The first-order valence-electron chi connectivity index (χ1n) is 8.32. The van der Waals surface area contributed by atoms with Gasteiger partial charge >= 0.3 is 0 Å². The van der Waals surface area contributed by atoms with Gasteiger partial charge in [-0.05, 0) is 61.7 Å². The molecule has 0 bridgehead atoms. The highest BCUT2D eigenvalue weighted by atomic mass is 16.2. The molecule has 24 heavy (non-hydrogen) atoms. The van der Waals surface area contributed by atoms with Crippen LogP contribution in [0, 0.1) is 12.8 Å². The summed E-state index contributed by atoms with van der Waals surface area (Å²) in [5.41, 5.74) is 3.12. The van der Waals surface area contributed by atoms with Gasteiger partial charge in [0.15, 0.2) is 0 Å². The number of rotatable bonds is 6. The maximum absolute atomic E-state index is 12.3. The highest BCUT2D eigenvalue weighted by Crippen LogP contribution is 2.16. The predicted octanol–water partition coefficient (Wildman–Crippen LogP) is 4.62. The van der Waals surface area contributed by atoms with E-state index in [1.807, 2.05) is 45.0 Å². The molecule has 2 N–H and O–H groups in total. The predicted molar refractivity (Wildman–Crippen MR) is 98.3 cm³/mol.